The van der Waals surface area contributed by atoms with Gasteiger partial charge in [0.05, 0.1) is 6.26 Å². The van der Waals surface area contributed by atoms with Crippen molar-refractivity contribution in [2.24, 2.45) is 0 Å². The fraction of sp³-hybridized carbons (Fsp3) is 0.167. The predicted molar refractivity (Wildman–Crippen MR) is 44.6 cm³/mol. The van der Waals surface area contributed by atoms with Crippen LogP contribution in [0.2, 0.25) is 0 Å². The maximum absolute atomic E-state index is 10.9. The molecule has 1 heterocycles. The van der Waals surface area contributed by atoms with E-state index < -0.39 is 16.1 Å². The summed E-state index contributed by atoms with van der Waals surface area (Å²) in [4.78, 5) is 11.2. The Kier molecular flexibility index (Phi) is 2.49. The minimum absolute atomic E-state index is 0.278. The second kappa shape index (κ2) is 3.24. The van der Waals surface area contributed by atoms with E-state index in [1.165, 1.54) is 6.07 Å². The van der Waals surface area contributed by atoms with Gasteiger partial charge in [-0.15, -0.1) is 11.3 Å². The summed E-state index contributed by atoms with van der Waals surface area (Å²) < 4.78 is 25.1. The van der Waals surface area contributed by atoms with Gasteiger partial charge in [0.15, 0.2) is 0 Å². The number of rotatable bonds is 2. The fourth-order valence-electron chi connectivity index (χ4n) is 0.573. The lowest BCUT2D eigenvalue weighted by molar-refractivity contribution is 0.0753. The standard InChI is InChI=1S/C6H6O4S2/c1-12(8,9)10-6(7)5-3-2-4-11-5/h2-4H,1H3. The van der Waals surface area contributed by atoms with Crippen LogP contribution in [0.25, 0.3) is 0 Å². The first kappa shape index (κ1) is 9.21. The zero-order valence-corrected chi connectivity index (χ0v) is 7.81. The van der Waals surface area contributed by atoms with Gasteiger partial charge in [0.25, 0.3) is 0 Å². The van der Waals surface area contributed by atoms with Crippen LogP contribution in [0, 0.1) is 0 Å². The van der Waals surface area contributed by atoms with Crippen molar-refractivity contribution in [1.29, 1.82) is 0 Å². The quantitative estimate of drug-likeness (QED) is 0.673. The molecule has 66 valence electrons. The van der Waals surface area contributed by atoms with Crippen LogP contribution in [0.4, 0.5) is 0 Å². The van der Waals surface area contributed by atoms with Crippen molar-refractivity contribution in [3.8, 4) is 0 Å². The Hall–Kier alpha value is -0.880. The van der Waals surface area contributed by atoms with Gasteiger partial charge in [-0.2, -0.15) is 8.42 Å². The van der Waals surface area contributed by atoms with Crippen LogP contribution < -0.4 is 0 Å². The van der Waals surface area contributed by atoms with Crippen LogP contribution in [-0.2, 0) is 14.3 Å². The summed E-state index contributed by atoms with van der Waals surface area (Å²) in [5.74, 6) is -0.826. The second-order valence-electron chi connectivity index (χ2n) is 2.05. The highest BCUT2D eigenvalue weighted by Crippen LogP contribution is 2.10. The van der Waals surface area contributed by atoms with E-state index >= 15 is 0 Å². The van der Waals surface area contributed by atoms with E-state index in [1.54, 1.807) is 11.4 Å². The van der Waals surface area contributed by atoms with Gasteiger partial charge in [-0.05, 0) is 11.4 Å². The summed E-state index contributed by atoms with van der Waals surface area (Å²) in [5.41, 5.74) is 0. The van der Waals surface area contributed by atoms with Gasteiger partial charge < -0.3 is 4.18 Å². The van der Waals surface area contributed by atoms with E-state index in [0.29, 0.717) is 0 Å². The monoisotopic (exact) mass is 206 g/mol. The Morgan fingerprint density at radius 1 is 1.58 bits per heavy atom. The number of hydrogen-bond donors (Lipinski definition) is 0. The van der Waals surface area contributed by atoms with E-state index in [4.69, 9.17) is 0 Å². The Balaban J connectivity index is 2.76. The molecule has 1 aromatic rings. The van der Waals surface area contributed by atoms with Crippen LogP contribution in [-0.4, -0.2) is 20.6 Å². The Morgan fingerprint density at radius 3 is 2.67 bits per heavy atom. The van der Waals surface area contributed by atoms with Gasteiger partial charge in [0.2, 0.25) is 0 Å². The molecule has 0 saturated heterocycles. The maximum atomic E-state index is 10.9. The highest BCUT2D eigenvalue weighted by atomic mass is 32.2. The van der Waals surface area contributed by atoms with Crippen molar-refractivity contribution in [2.45, 2.75) is 0 Å². The number of hydrogen-bond acceptors (Lipinski definition) is 5. The molecular formula is C6H6O4S2. The molecular weight excluding hydrogens is 200 g/mol. The van der Waals surface area contributed by atoms with Gasteiger partial charge in [-0.1, -0.05) is 6.07 Å². The highest BCUT2D eigenvalue weighted by Gasteiger charge is 2.13. The van der Waals surface area contributed by atoms with Crippen LogP contribution in [0.5, 0.6) is 0 Å². The minimum Gasteiger partial charge on any atom is -0.341 e. The summed E-state index contributed by atoms with van der Waals surface area (Å²) in [6, 6.07) is 3.14. The second-order valence-corrected chi connectivity index (χ2v) is 4.57. The zero-order valence-electron chi connectivity index (χ0n) is 6.18. The lowest BCUT2D eigenvalue weighted by atomic mass is 10.5. The third-order valence-corrected chi connectivity index (χ3v) is 2.25. The largest absolute Gasteiger partial charge is 0.363 e. The van der Waals surface area contributed by atoms with Gasteiger partial charge in [-0.3, -0.25) is 0 Å². The number of carbonyl (C=O) groups excluding carboxylic acids is 1. The van der Waals surface area contributed by atoms with Crippen molar-refractivity contribution in [3.63, 3.8) is 0 Å². The van der Waals surface area contributed by atoms with Gasteiger partial charge in [0.1, 0.15) is 4.88 Å². The Labute approximate surface area is 73.9 Å². The van der Waals surface area contributed by atoms with Crippen molar-refractivity contribution < 1.29 is 17.4 Å². The molecule has 0 atom stereocenters. The topological polar surface area (TPSA) is 60.4 Å². The first-order chi connectivity index (χ1) is 5.49. The average molecular weight is 206 g/mol. The minimum atomic E-state index is -3.69. The van der Waals surface area contributed by atoms with Crippen LogP contribution >= 0.6 is 11.3 Å². The molecule has 4 nitrogen and oxygen atoms in total. The first-order valence-electron chi connectivity index (χ1n) is 2.96. The number of carbonyl (C=O) groups is 1. The first-order valence-corrected chi connectivity index (χ1v) is 5.66. The summed E-state index contributed by atoms with van der Waals surface area (Å²) in [5, 5.41) is 1.67. The molecule has 0 aliphatic rings. The van der Waals surface area contributed by atoms with E-state index in [1.807, 2.05) is 0 Å². The van der Waals surface area contributed by atoms with Crippen LogP contribution in [0.3, 0.4) is 0 Å². The van der Waals surface area contributed by atoms with Gasteiger partial charge in [-0.25, -0.2) is 4.79 Å². The van der Waals surface area contributed by atoms with E-state index in [2.05, 4.69) is 4.18 Å². The smallest absolute Gasteiger partial charge is 0.341 e. The van der Waals surface area contributed by atoms with E-state index in [-0.39, 0.29) is 4.88 Å². The molecule has 0 saturated carbocycles. The molecule has 0 aliphatic heterocycles. The fourth-order valence-corrected chi connectivity index (χ4v) is 1.59. The normalized spacial score (nSPS) is 11.1. The SMILES string of the molecule is CS(=O)(=O)OC(=O)c1cccs1. The molecule has 0 fully saturated rings. The predicted octanol–water partition coefficient (Wildman–Crippen LogP) is 0.865. The molecule has 0 unspecified atom stereocenters. The summed E-state index contributed by atoms with van der Waals surface area (Å²) in [7, 11) is -3.69. The maximum Gasteiger partial charge on any atom is 0.363 e. The molecule has 0 N–H and O–H groups in total. The van der Waals surface area contributed by atoms with E-state index in [0.717, 1.165) is 17.6 Å². The molecule has 1 rings (SSSR count). The molecule has 0 bridgehead atoms. The average Bonchev–Trinajstić information content (AvgIpc) is 2.32. The van der Waals surface area contributed by atoms with Gasteiger partial charge >= 0.3 is 16.1 Å². The highest BCUT2D eigenvalue weighted by molar-refractivity contribution is 7.86. The lowest BCUT2D eigenvalue weighted by Crippen LogP contribution is -2.09. The Morgan fingerprint density at radius 2 is 2.25 bits per heavy atom. The summed E-state index contributed by atoms with van der Waals surface area (Å²) in [6.45, 7) is 0. The molecule has 0 aromatic carbocycles. The van der Waals surface area contributed by atoms with Gasteiger partial charge in [0, 0.05) is 0 Å². The molecule has 0 radical (unpaired) electrons. The molecule has 0 spiro atoms. The van der Waals surface area contributed by atoms with Crippen molar-refractivity contribution in [2.75, 3.05) is 6.26 Å². The van der Waals surface area contributed by atoms with E-state index in [9.17, 15) is 13.2 Å². The summed E-state index contributed by atoms with van der Waals surface area (Å²) in [6.07, 6.45) is 0.832. The molecule has 12 heavy (non-hydrogen) atoms. The van der Waals surface area contributed by atoms with Crippen LogP contribution in [0.1, 0.15) is 9.67 Å². The third kappa shape index (κ3) is 2.63. The molecule has 6 heteroatoms. The zero-order chi connectivity index (χ0) is 9.19. The summed E-state index contributed by atoms with van der Waals surface area (Å²) >= 11 is 1.13. The van der Waals surface area contributed by atoms with Crippen molar-refractivity contribution in [3.05, 3.63) is 22.4 Å². The lowest BCUT2D eigenvalue weighted by Gasteiger charge is -1.96. The molecule has 0 amide bonds. The molecule has 0 aliphatic carbocycles. The van der Waals surface area contributed by atoms with Crippen molar-refractivity contribution in [1.82, 2.24) is 0 Å². The van der Waals surface area contributed by atoms with Crippen molar-refractivity contribution >= 4 is 27.4 Å². The Bertz CT molecular complexity index is 362. The molecule has 1 aromatic heterocycles. The third-order valence-electron chi connectivity index (χ3n) is 0.949. The number of thiophene rings is 1. The van der Waals surface area contributed by atoms with Crippen LogP contribution in [0.15, 0.2) is 17.5 Å².